The highest BCUT2D eigenvalue weighted by Crippen LogP contribution is 2.31. The van der Waals surface area contributed by atoms with Crippen molar-refractivity contribution in [2.24, 2.45) is 11.8 Å². The number of nitrogens with one attached hydrogen (secondary N) is 1. The van der Waals surface area contributed by atoms with E-state index >= 15 is 0 Å². The highest BCUT2D eigenvalue weighted by molar-refractivity contribution is 5.45. The molecule has 0 radical (unpaired) electrons. The Hall–Kier alpha value is -1.02. The summed E-state index contributed by atoms with van der Waals surface area (Å²) < 4.78 is 0. The van der Waals surface area contributed by atoms with Crippen molar-refractivity contribution in [3.8, 4) is 0 Å². The number of hydrogen-bond acceptors (Lipinski definition) is 2. The van der Waals surface area contributed by atoms with Gasteiger partial charge in [0.05, 0.1) is 0 Å². The Morgan fingerprint density at radius 1 is 1.00 bits per heavy atom. The third-order valence-electron chi connectivity index (χ3n) is 5.53. The molecule has 1 heterocycles. The molecule has 0 spiro atoms. The van der Waals surface area contributed by atoms with E-state index in [1.807, 2.05) is 0 Å². The molecule has 116 valence electrons. The van der Waals surface area contributed by atoms with Gasteiger partial charge in [-0.2, -0.15) is 0 Å². The first-order chi connectivity index (χ1) is 10.2. The minimum absolute atomic E-state index is 0.667. The van der Waals surface area contributed by atoms with E-state index in [0.717, 1.165) is 18.4 Å². The number of anilines is 1. The Kier molecular flexibility index (Phi) is 4.84. The first-order valence-electron chi connectivity index (χ1n) is 8.78. The maximum Gasteiger partial charge on any atom is 0.0342 e. The summed E-state index contributed by atoms with van der Waals surface area (Å²) >= 11 is 0. The van der Waals surface area contributed by atoms with Gasteiger partial charge in [-0.25, -0.2) is 0 Å². The van der Waals surface area contributed by atoms with Gasteiger partial charge in [-0.15, -0.1) is 0 Å². The van der Waals surface area contributed by atoms with Crippen LogP contribution in [0.5, 0.6) is 0 Å². The number of nitrogens with zero attached hydrogens (tertiary/aromatic N) is 1. The molecule has 3 rings (SSSR count). The first-order valence-corrected chi connectivity index (χ1v) is 8.78. The largest absolute Gasteiger partial charge is 0.382 e. The molecule has 1 saturated heterocycles. The van der Waals surface area contributed by atoms with Crippen LogP contribution in [0, 0.1) is 11.8 Å². The zero-order chi connectivity index (χ0) is 14.7. The van der Waals surface area contributed by atoms with Crippen LogP contribution in [0.2, 0.25) is 0 Å². The summed E-state index contributed by atoms with van der Waals surface area (Å²) in [5.74, 6) is 1.75. The third kappa shape index (κ3) is 4.00. The third-order valence-corrected chi connectivity index (χ3v) is 5.53. The molecule has 1 aliphatic heterocycles. The van der Waals surface area contributed by atoms with Crippen LogP contribution in [-0.2, 0) is 6.54 Å². The van der Waals surface area contributed by atoms with Crippen molar-refractivity contribution in [2.75, 3.05) is 18.4 Å². The van der Waals surface area contributed by atoms with E-state index in [9.17, 15) is 0 Å². The van der Waals surface area contributed by atoms with Gasteiger partial charge in [0.1, 0.15) is 0 Å². The van der Waals surface area contributed by atoms with Gasteiger partial charge in [0.15, 0.2) is 0 Å². The minimum atomic E-state index is 0.667. The standard InChI is InChI=1S/C19H30N2/c1-15-5-8-19(13-16(15)2)20-18-9-6-17(7-10-18)14-21-11-3-4-12-21/h6-7,9-10,15-16,19-20H,3-5,8,11-14H2,1-2H3. The lowest BCUT2D eigenvalue weighted by Crippen LogP contribution is -2.30. The summed E-state index contributed by atoms with van der Waals surface area (Å²) in [5, 5.41) is 3.74. The van der Waals surface area contributed by atoms with Crippen LogP contribution >= 0.6 is 0 Å². The van der Waals surface area contributed by atoms with E-state index in [1.54, 1.807) is 0 Å². The highest BCUT2D eigenvalue weighted by atomic mass is 15.1. The maximum absolute atomic E-state index is 3.74. The number of benzene rings is 1. The summed E-state index contributed by atoms with van der Waals surface area (Å²) in [5.41, 5.74) is 2.75. The van der Waals surface area contributed by atoms with Crippen molar-refractivity contribution in [1.29, 1.82) is 0 Å². The van der Waals surface area contributed by atoms with Crippen LogP contribution in [0.15, 0.2) is 24.3 Å². The smallest absolute Gasteiger partial charge is 0.0342 e. The lowest BCUT2D eigenvalue weighted by molar-refractivity contribution is 0.261. The van der Waals surface area contributed by atoms with E-state index in [0.29, 0.717) is 6.04 Å². The van der Waals surface area contributed by atoms with Crippen LogP contribution in [0.1, 0.15) is 51.5 Å². The topological polar surface area (TPSA) is 15.3 Å². The Labute approximate surface area is 129 Å². The second-order valence-electron chi connectivity index (χ2n) is 7.29. The molecular formula is C19H30N2. The predicted octanol–water partition coefficient (Wildman–Crippen LogP) is 4.52. The van der Waals surface area contributed by atoms with Crippen LogP contribution in [0.3, 0.4) is 0 Å². The summed E-state index contributed by atoms with van der Waals surface area (Å²) in [6.45, 7) is 8.47. The van der Waals surface area contributed by atoms with E-state index in [2.05, 4.69) is 48.3 Å². The lowest BCUT2D eigenvalue weighted by atomic mass is 9.79. The van der Waals surface area contributed by atoms with Gasteiger partial charge in [-0.05, 0) is 74.7 Å². The van der Waals surface area contributed by atoms with Crippen LogP contribution in [0.4, 0.5) is 5.69 Å². The fourth-order valence-corrected chi connectivity index (χ4v) is 3.82. The Balaban J connectivity index is 1.52. The molecule has 2 aliphatic rings. The molecule has 1 aliphatic carbocycles. The Morgan fingerprint density at radius 2 is 1.71 bits per heavy atom. The SMILES string of the molecule is CC1CCC(Nc2ccc(CN3CCCC3)cc2)CC1C. The van der Waals surface area contributed by atoms with E-state index in [-0.39, 0.29) is 0 Å². The molecule has 3 atom stereocenters. The summed E-state index contributed by atoms with van der Waals surface area (Å²) in [6, 6.07) is 9.81. The Bertz CT molecular complexity index is 433. The van der Waals surface area contributed by atoms with Crippen LogP contribution in [0.25, 0.3) is 0 Å². The molecule has 0 bridgehead atoms. The summed E-state index contributed by atoms with van der Waals surface area (Å²) in [6.07, 6.45) is 6.75. The molecule has 3 unspecified atom stereocenters. The first kappa shape index (κ1) is 14.9. The second kappa shape index (κ2) is 6.83. The molecule has 21 heavy (non-hydrogen) atoms. The molecule has 1 aromatic carbocycles. The zero-order valence-corrected chi connectivity index (χ0v) is 13.6. The fraction of sp³-hybridized carbons (Fsp3) is 0.684. The van der Waals surface area contributed by atoms with E-state index < -0.39 is 0 Å². The van der Waals surface area contributed by atoms with Crippen molar-refractivity contribution in [2.45, 2.75) is 58.5 Å². The fourth-order valence-electron chi connectivity index (χ4n) is 3.82. The number of hydrogen-bond donors (Lipinski definition) is 1. The van der Waals surface area contributed by atoms with Gasteiger partial charge >= 0.3 is 0 Å². The van der Waals surface area contributed by atoms with Gasteiger partial charge in [0, 0.05) is 18.3 Å². The van der Waals surface area contributed by atoms with Crippen LogP contribution in [-0.4, -0.2) is 24.0 Å². The lowest BCUT2D eigenvalue weighted by Gasteiger charge is -2.33. The van der Waals surface area contributed by atoms with Crippen molar-refractivity contribution in [1.82, 2.24) is 4.90 Å². The monoisotopic (exact) mass is 286 g/mol. The highest BCUT2D eigenvalue weighted by Gasteiger charge is 2.24. The maximum atomic E-state index is 3.74. The molecule has 2 fully saturated rings. The minimum Gasteiger partial charge on any atom is -0.382 e. The van der Waals surface area contributed by atoms with E-state index in [1.165, 1.54) is 56.4 Å². The van der Waals surface area contributed by atoms with E-state index in [4.69, 9.17) is 0 Å². The average molecular weight is 286 g/mol. The van der Waals surface area contributed by atoms with Gasteiger partial charge in [-0.1, -0.05) is 26.0 Å². The second-order valence-corrected chi connectivity index (χ2v) is 7.29. The molecular weight excluding hydrogens is 256 g/mol. The van der Waals surface area contributed by atoms with Gasteiger partial charge < -0.3 is 5.32 Å². The van der Waals surface area contributed by atoms with Gasteiger partial charge in [0.25, 0.3) is 0 Å². The summed E-state index contributed by atoms with van der Waals surface area (Å²) in [7, 11) is 0. The number of likely N-dealkylation sites (tertiary alicyclic amines) is 1. The van der Waals surface area contributed by atoms with Gasteiger partial charge in [-0.3, -0.25) is 4.90 Å². The normalized spacial score (nSPS) is 30.5. The zero-order valence-electron chi connectivity index (χ0n) is 13.6. The van der Waals surface area contributed by atoms with Crippen molar-refractivity contribution in [3.63, 3.8) is 0 Å². The molecule has 1 N–H and O–H groups in total. The average Bonchev–Trinajstić information content (AvgIpc) is 2.98. The van der Waals surface area contributed by atoms with Crippen molar-refractivity contribution >= 4 is 5.69 Å². The molecule has 1 saturated carbocycles. The van der Waals surface area contributed by atoms with Crippen LogP contribution < -0.4 is 5.32 Å². The quantitative estimate of drug-likeness (QED) is 0.875. The molecule has 1 aromatic rings. The number of rotatable bonds is 4. The Morgan fingerprint density at radius 3 is 2.38 bits per heavy atom. The van der Waals surface area contributed by atoms with Gasteiger partial charge in [0.2, 0.25) is 0 Å². The summed E-state index contributed by atoms with van der Waals surface area (Å²) in [4.78, 5) is 2.56. The molecule has 0 amide bonds. The molecule has 0 aromatic heterocycles. The predicted molar refractivity (Wildman–Crippen MR) is 90.5 cm³/mol. The van der Waals surface area contributed by atoms with Crippen molar-refractivity contribution < 1.29 is 0 Å². The molecule has 2 heteroatoms. The van der Waals surface area contributed by atoms with Crippen molar-refractivity contribution in [3.05, 3.63) is 29.8 Å². The molecule has 2 nitrogen and oxygen atoms in total.